The Balaban J connectivity index is 0.00000338. The van der Waals surface area contributed by atoms with Crippen LogP contribution >= 0.6 is 24.0 Å². The zero-order valence-electron chi connectivity index (χ0n) is 15.9. The van der Waals surface area contributed by atoms with E-state index in [9.17, 15) is 5.11 Å². The smallest absolute Gasteiger partial charge is 0.191 e. The van der Waals surface area contributed by atoms with Crippen LogP contribution in [0.1, 0.15) is 36.6 Å². The summed E-state index contributed by atoms with van der Waals surface area (Å²) in [6.07, 6.45) is 2.60. The molecule has 0 saturated heterocycles. The lowest BCUT2D eigenvalue weighted by Gasteiger charge is -2.21. The van der Waals surface area contributed by atoms with Gasteiger partial charge in [0.15, 0.2) is 5.96 Å². The molecule has 1 unspecified atom stereocenters. The molecular formula is C19H29IN4O2. The van der Waals surface area contributed by atoms with Crippen LogP contribution in [0, 0.1) is 13.8 Å². The van der Waals surface area contributed by atoms with E-state index in [1.54, 1.807) is 13.1 Å². The number of aryl methyl sites for hydroxylation is 2. The van der Waals surface area contributed by atoms with E-state index in [0.717, 1.165) is 42.3 Å². The van der Waals surface area contributed by atoms with Gasteiger partial charge in [-0.2, -0.15) is 0 Å². The van der Waals surface area contributed by atoms with Crippen LogP contribution in [0.4, 0.5) is 0 Å². The fourth-order valence-electron chi connectivity index (χ4n) is 2.68. The molecule has 3 N–H and O–H groups in total. The van der Waals surface area contributed by atoms with Gasteiger partial charge in [0.05, 0.1) is 6.54 Å². The summed E-state index contributed by atoms with van der Waals surface area (Å²) >= 11 is 0. The van der Waals surface area contributed by atoms with Gasteiger partial charge in [0.2, 0.25) is 0 Å². The minimum atomic E-state index is -1.08. The Labute approximate surface area is 172 Å². The summed E-state index contributed by atoms with van der Waals surface area (Å²) in [5.74, 6) is 2.19. The quantitative estimate of drug-likeness (QED) is 0.328. The van der Waals surface area contributed by atoms with E-state index in [4.69, 9.17) is 4.42 Å². The van der Waals surface area contributed by atoms with Crippen LogP contribution in [0.3, 0.4) is 0 Å². The van der Waals surface area contributed by atoms with Gasteiger partial charge in [-0.15, -0.1) is 24.0 Å². The predicted molar refractivity (Wildman–Crippen MR) is 115 cm³/mol. The number of nitrogens with zero attached hydrogens (tertiary/aromatic N) is 2. The Morgan fingerprint density at radius 1 is 1.31 bits per heavy atom. The summed E-state index contributed by atoms with van der Waals surface area (Å²) in [6.45, 7) is 9.21. The first-order valence-corrected chi connectivity index (χ1v) is 8.64. The van der Waals surface area contributed by atoms with Crippen molar-refractivity contribution >= 4 is 29.9 Å². The molecule has 0 aromatic carbocycles. The van der Waals surface area contributed by atoms with Gasteiger partial charge < -0.3 is 20.2 Å². The lowest BCUT2D eigenvalue weighted by molar-refractivity contribution is 0.0657. The molecule has 6 nitrogen and oxygen atoms in total. The van der Waals surface area contributed by atoms with Crippen molar-refractivity contribution < 1.29 is 9.52 Å². The molecule has 2 aromatic heterocycles. The van der Waals surface area contributed by atoms with Gasteiger partial charge in [-0.05, 0) is 45.9 Å². The highest BCUT2D eigenvalue weighted by molar-refractivity contribution is 14.0. The molecule has 0 spiro atoms. The number of rotatable bonds is 7. The van der Waals surface area contributed by atoms with Gasteiger partial charge in [-0.3, -0.25) is 4.98 Å². The molecule has 2 aromatic rings. The number of hydrogen-bond acceptors (Lipinski definition) is 4. The van der Waals surface area contributed by atoms with Crippen LogP contribution in [0.25, 0.3) is 0 Å². The molecule has 0 saturated carbocycles. The van der Waals surface area contributed by atoms with Crippen LogP contribution in [-0.4, -0.2) is 35.7 Å². The summed E-state index contributed by atoms with van der Waals surface area (Å²) in [6, 6.07) is 7.75. The molecule has 0 amide bonds. The lowest BCUT2D eigenvalue weighted by atomic mass is 9.96. The zero-order chi connectivity index (χ0) is 18.3. The minimum absolute atomic E-state index is 0. The van der Waals surface area contributed by atoms with Crippen molar-refractivity contribution in [3.8, 4) is 0 Å². The highest BCUT2D eigenvalue weighted by atomic mass is 127. The van der Waals surface area contributed by atoms with Crippen molar-refractivity contribution in [2.75, 3.05) is 19.6 Å². The fourth-order valence-corrected chi connectivity index (χ4v) is 2.68. The molecule has 2 heterocycles. The first-order valence-electron chi connectivity index (χ1n) is 8.64. The number of halogens is 1. The van der Waals surface area contributed by atoms with Crippen molar-refractivity contribution in [3.63, 3.8) is 0 Å². The van der Waals surface area contributed by atoms with Crippen LogP contribution < -0.4 is 10.6 Å². The SMILES string of the molecule is CCNC(=NCC(C)(O)c1cc(C)oc1C)NCCc1ccccn1.I. The Hall–Kier alpha value is -1.61. The van der Waals surface area contributed by atoms with Gasteiger partial charge >= 0.3 is 0 Å². The van der Waals surface area contributed by atoms with Gasteiger partial charge in [0.25, 0.3) is 0 Å². The van der Waals surface area contributed by atoms with Crippen LogP contribution in [0.15, 0.2) is 39.9 Å². The number of aromatic nitrogens is 1. The average Bonchev–Trinajstić information content (AvgIpc) is 2.93. The van der Waals surface area contributed by atoms with E-state index in [0.29, 0.717) is 5.96 Å². The molecule has 0 bridgehead atoms. The Bertz CT molecular complexity index is 699. The van der Waals surface area contributed by atoms with E-state index in [-0.39, 0.29) is 30.5 Å². The summed E-state index contributed by atoms with van der Waals surface area (Å²) < 4.78 is 5.52. The largest absolute Gasteiger partial charge is 0.466 e. The lowest BCUT2D eigenvalue weighted by Crippen LogP contribution is -2.39. The zero-order valence-corrected chi connectivity index (χ0v) is 18.2. The Morgan fingerprint density at radius 2 is 2.08 bits per heavy atom. The van der Waals surface area contributed by atoms with E-state index in [1.807, 2.05) is 45.0 Å². The average molecular weight is 472 g/mol. The van der Waals surface area contributed by atoms with Gasteiger partial charge in [-0.25, -0.2) is 4.99 Å². The molecule has 26 heavy (non-hydrogen) atoms. The summed E-state index contributed by atoms with van der Waals surface area (Å²) in [5.41, 5.74) is 0.728. The molecule has 0 aliphatic heterocycles. The molecular weight excluding hydrogens is 443 g/mol. The number of nitrogens with one attached hydrogen (secondary N) is 2. The third-order valence-electron chi connectivity index (χ3n) is 3.91. The van der Waals surface area contributed by atoms with E-state index in [1.165, 1.54) is 0 Å². The third kappa shape index (κ3) is 6.60. The Morgan fingerprint density at radius 3 is 2.65 bits per heavy atom. The van der Waals surface area contributed by atoms with E-state index in [2.05, 4.69) is 20.6 Å². The standard InChI is InChI=1S/C19H28N4O2.HI/c1-5-20-18(22-11-9-16-8-6-7-10-21-16)23-13-19(4,24)17-12-14(2)25-15(17)3;/h6-8,10,12,24H,5,9,11,13H2,1-4H3,(H2,20,22,23);1H. The molecule has 0 aliphatic carbocycles. The second-order valence-corrected chi connectivity index (χ2v) is 6.29. The van der Waals surface area contributed by atoms with Gasteiger partial charge in [0.1, 0.15) is 17.1 Å². The fraction of sp³-hybridized carbons (Fsp3) is 0.474. The van der Waals surface area contributed by atoms with Crippen LogP contribution in [-0.2, 0) is 12.0 Å². The van der Waals surface area contributed by atoms with Crippen LogP contribution in [0.5, 0.6) is 0 Å². The van der Waals surface area contributed by atoms with Gasteiger partial charge in [0, 0.05) is 37.0 Å². The van der Waals surface area contributed by atoms with Gasteiger partial charge in [-0.1, -0.05) is 6.07 Å². The number of aliphatic imine (C=N–C) groups is 1. The molecule has 1 atom stereocenters. The van der Waals surface area contributed by atoms with Crippen molar-refractivity contribution in [2.45, 2.75) is 39.7 Å². The highest BCUT2D eigenvalue weighted by Gasteiger charge is 2.27. The molecule has 144 valence electrons. The maximum Gasteiger partial charge on any atom is 0.191 e. The molecule has 7 heteroatoms. The number of aliphatic hydroxyl groups is 1. The molecule has 2 rings (SSSR count). The number of hydrogen-bond donors (Lipinski definition) is 3. The maximum atomic E-state index is 10.8. The highest BCUT2D eigenvalue weighted by Crippen LogP contribution is 2.27. The summed E-state index contributed by atoms with van der Waals surface area (Å²) in [7, 11) is 0. The summed E-state index contributed by atoms with van der Waals surface area (Å²) in [4.78, 5) is 8.83. The Kier molecular flexibility index (Phi) is 9.07. The topological polar surface area (TPSA) is 82.7 Å². The molecule has 0 radical (unpaired) electrons. The van der Waals surface area contributed by atoms with Crippen LogP contribution in [0.2, 0.25) is 0 Å². The first-order chi connectivity index (χ1) is 11.9. The first kappa shape index (κ1) is 22.4. The number of pyridine rings is 1. The second kappa shape index (κ2) is 10.5. The third-order valence-corrected chi connectivity index (χ3v) is 3.91. The van der Waals surface area contributed by atoms with Crippen molar-refractivity contribution in [1.29, 1.82) is 0 Å². The molecule has 0 fully saturated rings. The minimum Gasteiger partial charge on any atom is -0.466 e. The number of furan rings is 1. The van der Waals surface area contributed by atoms with Crippen molar-refractivity contribution in [1.82, 2.24) is 15.6 Å². The molecule has 0 aliphatic rings. The maximum absolute atomic E-state index is 10.8. The van der Waals surface area contributed by atoms with E-state index >= 15 is 0 Å². The number of guanidine groups is 1. The normalized spacial score (nSPS) is 13.7. The van der Waals surface area contributed by atoms with Crippen molar-refractivity contribution in [2.24, 2.45) is 4.99 Å². The van der Waals surface area contributed by atoms with E-state index < -0.39 is 5.60 Å². The monoisotopic (exact) mass is 472 g/mol. The summed E-state index contributed by atoms with van der Waals surface area (Å²) in [5, 5.41) is 17.2. The van der Waals surface area contributed by atoms with Crippen molar-refractivity contribution in [3.05, 3.63) is 53.2 Å². The second-order valence-electron chi connectivity index (χ2n) is 6.29. The predicted octanol–water partition coefficient (Wildman–Crippen LogP) is 2.91.